The molecule has 18 heavy (non-hydrogen) atoms. The van der Waals surface area contributed by atoms with Crippen LogP contribution in [0, 0.1) is 5.41 Å². The van der Waals surface area contributed by atoms with Gasteiger partial charge < -0.3 is 9.84 Å². The summed E-state index contributed by atoms with van der Waals surface area (Å²) in [6, 6.07) is 0. The molecule has 1 aliphatic rings. The number of rotatable bonds is 7. The van der Waals surface area contributed by atoms with Crippen molar-refractivity contribution in [2.75, 3.05) is 33.0 Å². The Morgan fingerprint density at radius 2 is 2.00 bits per heavy atom. The molecule has 1 saturated heterocycles. The van der Waals surface area contributed by atoms with E-state index in [-0.39, 0.29) is 31.3 Å². The van der Waals surface area contributed by atoms with Gasteiger partial charge in [0.05, 0.1) is 39.1 Å². The summed E-state index contributed by atoms with van der Waals surface area (Å²) in [4.78, 5) is 0. The van der Waals surface area contributed by atoms with Crippen LogP contribution < -0.4 is 0 Å². The van der Waals surface area contributed by atoms with Crippen LogP contribution in [0.2, 0.25) is 0 Å². The maximum absolute atomic E-state index is 12.2. The van der Waals surface area contributed by atoms with Crippen molar-refractivity contribution in [3.05, 3.63) is 0 Å². The SMILES string of the molecule is CCC(COCCO)OP1(=O)OCC(C)(C)CO1. The van der Waals surface area contributed by atoms with E-state index < -0.39 is 7.82 Å². The van der Waals surface area contributed by atoms with Crippen LogP contribution in [0.15, 0.2) is 0 Å². The van der Waals surface area contributed by atoms with Gasteiger partial charge in [0.15, 0.2) is 0 Å². The average Bonchev–Trinajstić information content (AvgIpc) is 2.33. The molecule has 1 aliphatic heterocycles. The lowest BCUT2D eigenvalue weighted by atomic mass is 9.97. The Kier molecular flexibility index (Phi) is 6.24. The zero-order valence-corrected chi connectivity index (χ0v) is 12.2. The molecule has 1 rings (SSSR count). The van der Waals surface area contributed by atoms with Crippen molar-refractivity contribution in [2.24, 2.45) is 5.41 Å². The van der Waals surface area contributed by atoms with E-state index in [9.17, 15) is 4.57 Å². The van der Waals surface area contributed by atoms with E-state index in [4.69, 9.17) is 23.4 Å². The van der Waals surface area contributed by atoms with Crippen LogP contribution in [-0.2, 0) is 22.9 Å². The van der Waals surface area contributed by atoms with Gasteiger partial charge in [-0.1, -0.05) is 20.8 Å². The molecule has 6 nitrogen and oxygen atoms in total. The molecule has 0 bridgehead atoms. The number of phosphoric ester groups is 1. The molecule has 108 valence electrons. The van der Waals surface area contributed by atoms with E-state index in [0.29, 0.717) is 19.6 Å². The number of aliphatic hydroxyl groups excluding tert-OH is 1. The van der Waals surface area contributed by atoms with Gasteiger partial charge in [0.2, 0.25) is 0 Å². The number of aliphatic hydroxyl groups is 1. The Balaban J connectivity index is 2.41. The van der Waals surface area contributed by atoms with E-state index in [1.807, 2.05) is 20.8 Å². The summed E-state index contributed by atoms with van der Waals surface area (Å²) in [6.07, 6.45) is 0.273. The van der Waals surface area contributed by atoms with E-state index in [1.165, 1.54) is 0 Å². The number of phosphoric acid groups is 1. The Bertz CT molecular complexity index is 279. The van der Waals surface area contributed by atoms with Crippen LogP contribution >= 0.6 is 7.82 Å². The Hall–Kier alpha value is 0.0300. The van der Waals surface area contributed by atoms with Gasteiger partial charge in [-0.15, -0.1) is 0 Å². The van der Waals surface area contributed by atoms with E-state index in [0.717, 1.165) is 0 Å². The maximum atomic E-state index is 12.2. The second-order valence-electron chi connectivity index (χ2n) is 5.09. The summed E-state index contributed by atoms with van der Waals surface area (Å²) in [5.41, 5.74) is -0.146. The van der Waals surface area contributed by atoms with Crippen molar-refractivity contribution in [2.45, 2.75) is 33.3 Å². The molecule has 1 heterocycles. The van der Waals surface area contributed by atoms with E-state index >= 15 is 0 Å². The molecule has 0 radical (unpaired) electrons. The molecule has 0 aliphatic carbocycles. The summed E-state index contributed by atoms with van der Waals surface area (Å²) in [5.74, 6) is 0. The maximum Gasteiger partial charge on any atom is 0.475 e. The quantitative estimate of drug-likeness (QED) is 0.568. The summed E-state index contributed by atoms with van der Waals surface area (Å²) in [6.45, 7) is 6.98. The highest BCUT2D eigenvalue weighted by Gasteiger charge is 2.39. The smallest absolute Gasteiger partial charge is 0.394 e. The summed E-state index contributed by atoms with van der Waals surface area (Å²) in [5, 5.41) is 8.61. The molecule has 7 heteroatoms. The molecule has 1 atom stereocenters. The van der Waals surface area contributed by atoms with Crippen molar-refractivity contribution >= 4 is 7.82 Å². The highest BCUT2D eigenvalue weighted by atomic mass is 31.2. The topological polar surface area (TPSA) is 74.2 Å². The van der Waals surface area contributed by atoms with Gasteiger partial charge in [-0.2, -0.15) is 0 Å². The first-order valence-electron chi connectivity index (χ1n) is 6.17. The Labute approximate surface area is 108 Å². The van der Waals surface area contributed by atoms with E-state index in [2.05, 4.69) is 0 Å². The third-order valence-corrected chi connectivity index (χ3v) is 3.95. The van der Waals surface area contributed by atoms with Crippen LogP contribution in [-0.4, -0.2) is 44.2 Å². The van der Waals surface area contributed by atoms with Crippen LogP contribution in [0.4, 0.5) is 0 Å². The first-order chi connectivity index (χ1) is 8.41. The highest BCUT2D eigenvalue weighted by Crippen LogP contribution is 2.55. The third-order valence-electron chi connectivity index (χ3n) is 2.50. The Morgan fingerprint density at radius 3 is 2.50 bits per heavy atom. The molecular weight excluding hydrogens is 259 g/mol. The predicted octanol–water partition coefficient (Wildman–Crippen LogP) is 1.97. The minimum atomic E-state index is -3.46. The molecule has 0 aromatic rings. The summed E-state index contributed by atoms with van der Waals surface area (Å²) in [7, 11) is -3.46. The Morgan fingerprint density at radius 1 is 1.39 bits per heavy atom. The number of hydrogen-bond acceptors (Lipinski definition) is 6. The first-order valence-corrected chi connectivity index (χ1v) is 7.63. The van der Waals surface area contributed by atoms with Gasteiger partial charge in [0, 0.05) is 5.41 Å². The predicted molar refractivity (Wildman–Crippen MR) is 66.4 cm³/mol. The fraction of sp³-hybridized carbons (Fsp3) is 1.00. The normalized spacial score (nSPS) is 23.8. The van der Waals surface area contributed by atoms with Gasteiger partial charge in [0.25, 0.3) is 0 Å². The first kappa shape index (κ1) is 16.1. The molecule has 0 aromatic heterocycles. The minimum absolute atomic E-state index is 0.0463. The summed E-state index contributed by atoms with van der Waals surface area (Å²) < 4.78 is 33.1. The second kappa shape index (κ2) is 6.98. The van der Waals surface area contributed by atoms with Crippen LogP contribution in [0.5, 0.6) is 0 Å². The van der Waals surface area contributed by atoms with Gasteiger partial charge >= 0.3 is 7.82 Å². The van der Waals surface area contributed by atoms with Gasteiger partial charge in [-0.25, -0.2) is 4.57 Å². The molecule has 0 saturated carbocycles. The van der Waals surface area contributed by atoms with Gasteiger partial charge in [-0.05, 0) is 6.42 Å². The zero-order valence-electron chi connectivity index (χ0n) is 11.3. The van der Waals surface area contributed by atoms with Crippen molar-refractivity contribution in [3.63, 3.8) is 0 Å². The van der Waals surface area contributed by atoms with Crippen LogP contribution in [0.3, 0.4) is 0 Å². The largest absolute Gasteiger partial charge is 0.475 e. The molecule has 0 spiro atoms. The lowest BCUT2D eigenvalue weighted by molar-refractivity contribution is -0.0325. The van der Waals surface area contributed by atoms with Crippen molar-refractivity contribution in [1.29, 1.82) is 0 Å². The molecule has 1 fully saturated rings. The minimum Gasteiger partial charge on any atom is -0.394 e. The number of ether oxygens (including phenoxy) is 1. The van der Waals surface area contributed by atoms with Crippen molar-refractivity contribution in [3.8, 4) is 0 Å². The molecule has 1 unspecified atom stereocenters. The van der Waals surface area contributed by atoms with Crippen LogP contribution in [0.25, 0.3) is 0 Å². The van der Waals surface area contributed by atoms with Crippen molar-refractivity contribution < 1.29 is 28.0 Å². The molecule has 0 aromatic carbocycles. The number of hydrogen-bond donors (Lipinski definition) is 1. The van der Waals surface area contributed by atoms with Gasteiger partial charge in [-0.3, -0.25) is 13.6 Å². The van der Waals surface area contributed by atoms with Crippen molar-refractivity contribution in [1.82, 2.24) is 0 Å². The molecule has 1 N–H and O–H groups in total. The average molecular weight is 282 g/mol. The molecule has 0 amide bonds. The lowest BCUT2D eigenvalue weighted by Gasteiger charge is -2.34. The highest BCUT2D eigenvalue weighted by molar-refractivity contribution is 7.48. The fourth-order valence-corrected chi connectivity index (χ4v) is 3.12. The van der Waals surface area contributed by atoms with Crippen LogP contribution in [0.1, 0.15) is 27.2 Å². The zero-order chi connectivity index (χ0) is 13.6. The van der Waals surface area contributed by atoms with E-state index in [1.54, 1.807) is 0 Å². The molecular formula is C11H23O6P. The van der Waals surface area contributed by atoms with Gasteiger partial charge in [0.1, 0.15) is 0 Å². The fourth-order valence-electron chi connectivity index (χ4n) is 1.33. The lowest BCUT2D eigenvalue weighted by Crippen LogP contribution is -2.31. The summed E-state index contributed by atoms with van der Waals surface area (Å²) >= 11 is 0. The third kappa shape index (κ3) is 5.34. The second-order valence-corrected chi connectivity index (χ2v) is 6.71. The standard InChI is InChI=1S/C11H23O6P/c1-4-10(7-14-6-5-12)17-18(13)15-8-11(2,3)9-16-18/h10,12H,4-9H2,1-3H3. The monoisotopic (exact) mass is 282 g/mol.